The summed E-state index contributed by atoms with van der Waals surface area (Å²) in [6.45, 7) is 10.5. The number of esters is 1. The van der Waals surface area contributed by atoms with E-state index in [1.54, 1.807) is 7.11 Å². The van der Waals surface area contributed by atoms with Crippen molar-refractivity contribution in [1.29, 1.82) is 5.26 Å². The SMILES string of the molecule is C=O.COC(C)(C)CCOC(=O)/C(C#N)=C1\Sc2c(C)ccc(OC3CCC(C4CCC(C)CC4)CC3)c2S1. The van der Waals surface area contributed by atoms with E-state index in [0.717, 1.165) is 51.7 Å². The van der Waals surface area contributed by atoms with E-state index in [2.05, 4.69) is 32.0 Å². The van der Waals surface area contributed by atoms with Crippen molar-refractivity contribution in [1.82, 2.24) is 0 Å². The maximum atomic E-state index is 12.8. The number of thioether (sulfide) groups is 2. The summed E-state index contributed by atoms with van der Waals surface area (Å²) in [5, 5.41) is 9.80. The molecule has 1 aliphatic heterocycles. The minimum absolute atomic E-state index is 0.0640. The molecule has 6 nitrogen and oxygen atoms in total. The fourth-order valence-electron chi connectivity index (χ4n) is 5.62. The van der Waals surface area contributed by atoms with E-state index in [4.69, 9.17) is 19.0 Å². The molecule has 0 spiro atoms. The van der Waals surface area contributed by atoms with Crippen molar-refractivity contribution in [3.05, 3.63) is 27.5 Å². The summed E-state index contributed by atoms with van der Waals surface area (Å²) in [6.07, 6.45) is 11.1. The lowest BCUT2D eigenvalue weighted by molar-refractivity contribution is -0.140. The second-order valence-electron chi connectivity index (χ2n) is 11.5. The quantitative estimate of drug-likeness (QED) is 0.176. The molecule has 214 valence electrons. The highest BCUT2D eigenvalue weighted by molar-refractivity contribution is 8.24. The number of rotatable bonds is 8. The van der Waals surface area contributed by atoms with E-state index in [1.165, 1.54) is 62.0 Å². The summed E-state index contributed by atoms with van der Waals surface area (Å²) in [7, 11) is 1.64. The van der Waals surface area contributed by atoms with Crippen LogP contribution in [0.5, 0.6) is 5.75 Å². The minimum atomic E-state index is -0.576. The average Bonchev–Trinajstić information content (AvgIpc) is 3.39. The van der Waals surface area contributed by atoms with Crippen LogP contribution in [0.25, 0.3) is 0 Å². The first kappa shape index (κ1) is 31.6. The summed E-state index contributed by atoms with van der Waals surface area (Å²) in [4.78, 5) is 22.8. The molecule has 0 bridgehead atoms. The van der Waals surface area contributed by atoms with Crippen LogP contribution in [0.4, 0.5) is 0 Å². The zero-order valence-electron chi connectivity index (χ0n) is 24.0. The van der Waals surface area contributed by atoms with Gasteiger partial charge in [0, 0.05) is 18.4 Å². The van der Waals surface area contributed by atoms with Crippen molar-refractivity contribution in [2.45, 2.75) is 107 Å². The molecular weight excluding hydrogens is 530 g/mol. The Kier molecular flexibility index (Phi) is 11.8. The molecule has 0 radical (unpaired) electrons. The fraction of sp³-hybridized carbons (Fsp3) is 0.645. The molecule has 2 fully saturated rings. The largest absolute Gasteiger partial charge is 0.489 e. The lowest BCUT2D eigenvalue weighted by atomic mass is 9.71. The second-order valence-corrected chi connectivity index (χ2v) is 13.8. The molecule has 2 saturated carbocycles. The van der Waals surface area contributed by atoms with E-state index in [9.17, 15) is 10.1 Å². The Labute approximate surface area is 242 Å². The normalized spacial score (nSPS) is 25.9. The van der Waals surface area contributed by atoms with Gasteiger partial charge in [-0.3, -0.25) is 0 Å². The molecule has 8 heteroatoms. The summed E-state index contributed by atoms with van der Waals surface area (Å²) in [5.41, 5.74) is 0.803. The Morgan fingerprint density at radius 1 is 1.03 bits per heavy atom. The van der Waals surface area contributed by atoms with Crippen LogP contribution in [0.3, 0.4) is 0 Å². The number of benzene rings is 1. The molecular formula is C31H43NO5S2. The number of aryl methyl sites for hydroxylation is 1. The van der Waals surface area contributed by atoms with Crippen LogP contribution >= 0.6 is 23.5 Å². The van der Waals surface area contributed by atoms with Crippen molar-refractivity contribution >= 4 is 36.3 Å². The first-order valence-electron chi connectivity index (χ1n) is 14.0. The number of fused-ring (bicyclic) bond motifs is 1. The van der Waals surface area contributed by atoms with Crippen molar-refractivity contribution in [2.75, 3.05) is 13.7 Å². The van der Waals surface area contributed by atoms with E-state index in [-0.39, 0.29) is 23.9 Å². The van der Waals surface area contributed by atoms with E-state index >= 15 is 0 Å². The predicted molar refractivity (Wildman–Crippen MR) is 157 cm³/mol. The molecule has 2 aliphatic carbocycles. The molecule has 39 heavy (non-hydrogen) atoms. The monoisotopic (exact) mass is 573 g/mol. The first-order valence-corrected chi connectivity index (χ1v) is 15.7. The van der Waals surface area contributed by atoms with Crippen LogP contribution < -0.4 is 4.74 Å². The second kappa shape index (κ2) is 14.6. The van der Waals surface area contributed by atoms with Gasteiger partial charge >= 0.3 is 5.97 Å². The molecule has 1 heterocycles. The Bertz CT molecular complexity index is 1060. The highest BCUT2D eigenvalue weighted by Gasteiger charge is 2.33. The molecule has 0 atom stereocenters. The van der Waals surface area contributed by atoms with Crippen LogP contribution in [0.1, 0.15) is 84.1 Å². The topological polar surface area (TPSA) is 85.6 Å². The van der Waals surface area contributed by atoms with Gasteiger partial charge in [0.2, 0.25) is 0 Å². The lowest BCUT2D eigenvalue weighted by Gasteiger charge is -2.37. The number of nitriles is 1. The first-order chi connectivity index (χ1) is 18.7. The summed E-state index contributed by atoms with van der Waals surface area (Å²) in [5.74, 6) is 2.96. The molecule has 0 saturated heterocycles. The van der Waals surface area contributed by atoms with Gasteiger partial charge in [-0.25, -0.2) is 4.79 Å². The summed E-state index contributed by atoms with van der Waals surface area (Å²) < 4.78 is 18.1. The van der Waals surface area contributed by atoms with Crippen LogP contribution in [0, 0.1) is 36.0 Å². The summed E-state index contributed by atoms with van der Waals surface area (Å²) >= 11 is 2.94. The molecule has 0 aromatic heterocycles. The lowest BCUT2D eigenvalue weighted by Crippen LogP contribution is -2.29. The van der Waals surface area contributed by atoms with Gasteiger partial charge in [-0.15, -0.1) is 0 Å². The van der Waals surface area contributed by atoms with Gasteiger partial charge in [0.15, 0.2) is 5.57 Å². The highest BCUT2D eigenvalue weighted by atomic mass is 32.2. The van der Waals surface area contributed by atoms with Crippen molar-refractivity contribution in [2.24, 2.45) is 17.8 Å². The Morgan fingerprint density at radius 2 is 1.62 bits per heavy atom. The molecule has 1 aromatic carbocycles. The van der Waals surface area contributed by atoms with Gasteiger partial charge in [-0.2, -0.15) is 5.26 Å². The Hall–Kier alpha value is -1.95. The number of carbonyl (C=O) groups excluding carboxylic acids is 2. The van der Waals surface area contributed by atoms with E-state index < -0.39 is 5.97 Å². The van der Waals surface area contributed by atoms with Crippen molar-refractivity contribution in [3.8, 4) is 11.8 Å². The maximum absolute atomic E-state index is 12.8. The molecule has 0 amide bonds. The molecule has 3 aliphatic rings. The zero-order chi connectivity index (χ0) is 28.6. The smallest absolute Gasteiger partial charge is 0.350 e. The van der Waals surface area contributed by atoms with Gasteiger partial charge in [-0.1, -0.05) is 49.4 Å². The molecule has 4 rings (SSSR count). The third-order valence-corrected chi connectivity index (χ3v) is 11.2. The molecule has 0 N–H and O–H groups in total. The predicted octanol–water partition coefficient (Wildman–Crippen LogP) is 7.87. The minimum Gasteiger partial charge on any atom is -0.489 e. The molecule has 0 unspecified atom stereocenters. The Balaban J connectivity index is 0.00000205. The zero-order valence-corrected chi connectivity index (χ0v) is 25.7. The number of ether oxygens (including phenoxy) is 3. The number of nitrogens with zero attached hydrogens (tertiary/aromatic N) is 1. The highest BCUT2D eigenvalue weighted by Crippen LogP contribution is 2.57. The fourth-order valence-corrected chi connectivity index (χ4v) is 8.26. The number of hydrogen-bond donors (Lipinski definition) is 0. The number of hydrogen-bond acceptors (Lipinski definition) is 8. The van der Waals surface area contributed by atoms with E-state index in [0.29, 0.717) is 10.7 Å². The number of methoxy groups -OCH3 is 1. The van der Waals surface area contributed by atoms with Crippen LogP contribution in [0.15, 0.2) is 31.7 Å². The third kappa shape index (κ3) is 8.28. The number of carbonyl (C=O) groups is 2. The van der Waals surface area contributed by atoms with E-state index in [1.807, 2.05) is 20.6 Å². The van der Waals surface area contributed by atoms with Crippen LogP contribution in [-0.4, -0.2) is 38.2 Å². The van der Waals surface area contributed by atoms with Crippen molar-refractivity contribution < 1.29 is 23.8 Å². The average molecular weight is 574 g/mol. The standard InChI is InChI=1S/C30H41NO4S2.CH2O/c1-19-6-9-21(10-7-19)22-11-13-23(14-12-22)35-25-15-8-20(2)26-27(25)37-29(36-26)24(18-31)28(32)34-17-16-30(3,4)33-5;1-2/h8,15,19,21-23H,6-7,9-14,16-17H2,1-5H3;1H2/b29-24+;. The van der Waals surface area contributed by atoms with Gasteiger partial charge in [-0.05, 0) is 88.7 Å². The van der Waals surface area contributed by atoms with Crippen LogP contribution in [-0.2, 0) is 19.1 Å². The van der Waals surface area contributed by atoms with Gasteiger partial charge < -0.3 is 19.0 Å². The van der Waals surface area contributed by atoms with Crippen molar-refractivity contribution in [3.63, 3.8) is 0 Å². The van der Waals surface area contributed by atoms with Crippen LogP contribution in [0.2, 0.25) is 0 Å². The maximum Gasteiger partial charge on any atom is 0.350 e. The molecule has 1 aromatic rings. The summed E-state index contributed by atoms with van der Waals surface area (Å²) in [6, 6.07) is 6.22. The van der Waals surface area contributed by atoms with Gasteiger partial charge in [0.1, 0.15) is 18.6 Å². The Morgan fingerprint density at radius 3 is 2.21 bits per heavy atom. The third-order valence-electron chi connectivity index (χ3n) is 8.41. The van der Waals surface area contributed by atoms with Gasteiger partial charge in [0.05, 0.1) is 27.4 Å². The van der Waals surface area contributed by atoms with Gasteiger partial charge in [0.25, 0.3) is 0 Å².